The van der Waals surface area contributed by atoms with Gasteiger partial charge in [0.1, 0.15) is 18.8 Å². The van der Waals surface area contributed by atoms with Gasteiger partial charge in [0.2, 0.25) is 5.91 Å². The number of carbonyl (C=O) groups is 2. The normalized spacial score (nSPS) is 12.8. The number of benzene rings is 1. The van der Waals surface area contributed by atoms with Crippen molar-refractivity contribution in [1.82, 2.24) is 24.6 Å². The molecule has 4 rings (SSSR count). The van der Waals surface area contributed by atoms with Crippen molar-refractivity contribution in [2.75, 3.05) is 13.1 Å². The number of esters is 1. The number of hydrogen-bond donors (Lipinski definition) is 1. The molecule has 3 heterocycles. The standard InChI is InChI=1S/C22H24N6O3/c1-14-17(4-5-18-19(14)12-31-22(18)30)7-8-27(11-20(23)29)10-16-3-6-21(24-9-16)28-13-25-15(2)26-28/h3-6,9,13H,7-8,10-12H2,1-2H3,(H2,23,29). The molecular formula is C22H24N6O3. The molecule has 9 heteroatoms. The Hall–Kier alpha value is -3.59. The first-order valence-electron chi connectivity index (χ1n) is 10.0. The Morgan fingerprint density at radius 1 is 1.23 bits per heavy atom. The van der Waals surface area contributed by atoms with Gasteiger partial charge in [0, 0.05) is 24.8 Å². The SMILES string of the molecule is Cc1ncn(-c2ccc(CN(CCc3ccc4c(c3C)COC4=O)CC(N)=O)cn2)n1. The largest absolute Gasteiger partial charge is 0.457 e. The Labute approximate surface area is 179 Å². The number of nitrogens with zero attached hydrogens (tertiary/aromatic N) is 5. The van der Waals surface area contributed by atoms with Gasteiger partial charge in [0.05, 0.1) is 12.1 Å². The molecule has 0 radical (unpaired) electrons. The van der Waals surface area contributed by atoms with E-state index in [1.54, 1.807) is 17.2 Å². The minimum absolute atomic E-state index is 0.148. The number of nitrogens with two attached hydrogens (primary N) is 1. The van der Waals surface area contributed by atoms with E-state index in [-0.39, 0.29) is 18.4 Å². The molecule has 0 atom stereocenters. The first kappa shape index (κ1) is 20.7. The molecular weight excluding hydrogens is 396 g/mol. The summed E-state index contributed by atoms with van der Waals surface area (Å²) in [7, 11) is 0. The van der Waals surface area contributed by atoms with Crippen LogP contribution in [0.3, 0.4) is 0 Å². The summed E-state index contributed by atoms with van der Waals surface area (Å²) in [6.07, 6.45) is 4.11. The fourth-order valence-corrected chi connectivity index (χ4v) is 3.74. The number of pyridine rings is 1. The quantitative estimate of drug-likeness (QED) is 0.549. The number of fused-ring (bicyclic) bond motifs is 1. The number of carbonyl (C=O) groups excluding carboxylic acids is 2. The molecule has 2 N–H and O–H groups in total. The first-order valence-corrected chi connectivity index (χ1v) is 10.0. The van der Waals surface area contributed by atoms with Gasteiger partial charge >= 0.3 is 5.97 Å². The van der Waals surface area contributed by atoms with E-state index in [0.717, 1.165) is 28.7 Å². The second-order valence-electron chi connectivity index (χ2n) is 7.64. The topological polar surface area (TPSA) is 116 Å². The molecule has 9 nitrogen and oxygen atoms in total. The highest BCUT2D eigenvalue weighted by molar-refractivity contribution is 5.93. The zero-order valence-corrected chi connectivity index (χ0v) is 17.5. The predicted molar refractivity (Wildman–Crippen MR) is 112 cm³/mol. The number of aromatic nitrogens is 4. The van der Waals surface area contributed by atoms with Crippen LogP contribution in [0.2, 0.25) is 0 Å². The van der Waals surface area contributed by atoms with E-state index in [9.17, 15) is 9.59 Å². The van der Waals surface area contributed by atoms with Crippen molar-refractivity contribution < 1.29 is 14.3 Å². The molecule has 160 valence electrons. The van der Waals surface area contributed by atoms with Crippen molar-refractivity contribution >= 4 is 11.9 Å². The number of hydrogen-bond acceptors (Lipinski definition) is 7. The van der Waals surface area contributed by atoms with Gasteiger partial charge in [-0.3, -0.25) is 9.69 Å². The molecule has 0 saturated heterocycles. The van der Waals surface area contributed by atoms with Crippen LogP contribution in [0.5, 0.6) is 0 Å². The number of cyclic esters (lactones) is 1. The molecule has 1 aliphatic rings. The van der Waals surface area contributed by atoms with Crippen molar-refractivity contribution in [3.63, 3.8) is 0 Å². The van der Waals surface area contributed by atoms with E-state index in [1.165, 1.54) is 0 Å². The summed E-state index contributed by atoms with van der Waals surface area (Å²) in [4.78, 5) is 33.9. The van der Waals surface area contributed by atoms with Gasteiger partial charge in [0.25, 0.3) is 0 Å². The molecule has 0 bridgehead atoms. The smallest absolute Gasteiger partial charge is 0.338 e. The van der Waals surface area contributed by atoms with Crippen LogP contribution in [0.4, 0.5) is 0 Å². The van der Waals surface area contributed by atoms with Crippen molar-refractivity contribution in [2.24, 2.45) is 5.73 Å². The predicted octanol–water partition coefficient (Wildman–Crippen LogP) is 1.48. The lowest BCUT2D eigenvalue weighted by Crippen LogP contribution is -2.35. The highest BCUT2D eigenvalue weighted by Gasteiger charge is 2.24. The van der Waals surface area contributed by atoms with Crippen LogP contribution in [0.1, 0.15) is 38.4 Å². The summed E-state index contributed by atoms with van der Waals surface area (Å²) in [6, 6.07) is 7.60. The summed E-state index contributed by atoms with van der Waals surface area (Å²) < 4.78 is 6.75. The Balaban J connectivity index is 1.44. The third-order valence-corrected chi connectivity index (χ3v) is 5.41. The second kappa shape index (κ2) is 8.65. The van der Waals surface area contributed by atoms with Gasteiger partial charge in [0.15, 0.2) is 5.82 Å². The van der Waals surface area contributed by atoms with Gasteiger partial charge in [-0.1, -0.05) is 12.1 Å². The average molecular weight is 420 g/mol. The summed E-state index contributed by atoms with van der Waals surface area (Å²) in [5.74, 6) is 0.706. The highest BCUT2D eigenvalue weighted by Crippen LogP contribution is 2.26. The third-order valence-electron chi connectivity index (χ3n) is 5.41. The monoisotopic (exact) mass is 420 g/mol. The minimum Gasteiger partial charge on any atom is -0.457 e. The van der Waals surface area contributed by atoms with Crippen LogP contribution < -0.4 is 5.73 Å². The lowest BCUT2D eigenvalue weighted by Gasteiger charge is -2.21. The molecule has 31 heavy (non-hydrogen) atoms. The molecule has 0 saturated carbocycles. The van der Waals surface area contributed by atoms with Gasteiger partial charge in [-0.25, -0.2) is 19.4 Å². The average Bonchev–Trinajstić information content (AvgIpc) is 3.34. The van der Waals surface area contributed by atoms with Crippen LogP contribution in [0.15, 0.2) is 36.8 Å². The molecule has 0 aliphatic carbocycles. The number of rotatable bonds is 8. The van der Waals surface area contributed by atoms with Crippen LogP contribution in [0.25, 0.3) is 5.82 Å². The molecule has 2 aromatic heterocycles. The maximum Gasteiger partial charge on any atom is 0.338 e. The molecule has 1 aliphatic heterocycles. The molecule has 1 amide bonds. The number of ether oxygens (including phenoxy) is 1. The van der Waals surface area contributed by atoms with E-state index in [4.69, 9.17) is 10.5 Å². The Morgan fingerprint density at radius 3 is 2.74 bits per heavy atom. The fourth-order valence-electron chi connectivity index (χ4n) is 3.74. The van der Waals surface area contributed by atoms with E-state index < -0.39 is 0 Å². The second-order valence-corrected chi connectivity index (χ2v) is 7.64. The van der Waals surface area contributed by atoms with Crippen molar-refractivity contribution in [3.05, 3.63) is 70.4 Å². The molecule has 0 fully saturated rings. The van der Waals surface area contributed by atoms with Crippen molar-refractivity contribution in [2.45, 2.75) is 33.4 Å². The fraction of sp³-hybridized carbons (Fsp3) is 0.318. The summed E-state index contributed by atoms with van der Waals surface area (Å²) in [5, 5.41) is 4.25. The Morgan fingerprint density at radius 2 is 2.06 bits per heavy atom. The summed E-state index contributed by atoms with van der Waals surface area (Å²) in [6.45, 7) is 5.47. The van der Waals surface area contributed by atoms with E-state index in [2.05, 4.69) is 15.1 Å². The number of amides is 1. The summed E-state index contributed by atoms with van der Waals surface area (Å²) >= 11 is 0. The van der Waals surface area contributed by atoms with Gasteiger partial charge in [-0.2, -0.15) is 5.10 Å². The Kier molecular flexibility index (Phi) is 5.77. The third kappa shape index (κ3) is 4.61. The van der Waals surface area contributed by atoms with Crippen LogP contribution >= 0.6 is 0 Å². The highest BCUT2D eigenvalue weighted by atomic mass is 16.5. The maximum absolute atomic E-state index is 11.7. The zero-order valence-electron chi connectivity index (χ0n) is 17.5. The Bertz CT molecular complexity index is 1120. The van der Waals surface area contributed by atoms with E-state index >= 15 is 0 Å². The molecule has 3 aromatic rings. The lowest BCUT2D eigenvalue weighted by atomic mass is 9.96. The van der Waals surface area contributed by atoms with E-state index in [0.29, 0.717) is 36.9 Å². The van der Waals surface area contributed by atoms with Gasteiger partial charge in [-0.05, 0) is 49.1 Å². The van der Waals surface area contributed by atoms with Gasteiger partial charge in [-0.15, -0.1) is 0 Å². The van der Waals surface area contributed by atoms with Crippen molar-refractivity contribution in [3.8, 4) is 5.82 Å². The maximum atomic E-state index is 11.7. The molecule has 1 aromatic carbocycles. The molecule has 0 spiro atoms. The van der Waals surface area contributed by atoms with Gasteiger partial charge < -0.3 is 10.5 Å². The minimum atomic E-state index is -0.382. The van der Waals surface area contributed by atoms with Crippen LogP contribution in [0, 0.1) is 13.8 Å². The van der Waals surface area contributed by atoms with Crippen molar-refractivity contribution in [1.29, 1.82) is 0 Å². The summed E-state index contributed by atoms with van der Waals surface area (Å²) in [5.41, 5.74) is 10.2. The number of primary amides is 1. The van der Waals surface area contributed by atoms with E-state index in [1.807, 2.05) is 43.0 Å². The van der Waals surface area contributed by atoms with Crippen LogP contribution in [-0.4, -0.2) is 49.6 Å². The van der Waals surface area contributed by atoms with Crippen LogP contribution in [-0.2, 0) is 29.1 Å². The molecule has 0 unspecified atom stereocenters. The zero-order chi connectivity index (χ0) is 22.0. The first-order chi connectivity index (χ1) is 14.9. The lowest BCUT2D eigenvalue weighted by molar-refractivity contribution is -0.119. The number of aryl methyl sites for hydroxylation is 1.